The van der Waals surface area contributed by atoms with Gasteiger partial charge >= 0.3 is 5.97 Å². The van der Waals surface area contributed by atoms with Crippen LogP contribution in [0, 0.1) is 13.8 Å². The highest BCUT2D eigenvalue weighted by Crippen LogP contribution is 2.30. The SMILES string of the molecule is Cc1nn(C)c(C)c1NC(=O)[C@H](C)OC(=O)c1csc2c1CCCC2. The molecule has 0 saturated carbocycles. The number of aromatic nitrogens is 2. The quantitative estimate of drug-likeness (QED) is 0.849. The molecule has 6 nitrogen and oxygen atoms in total. The van der Waals surface area contributed by atoms with Gasteiger partial charge in [0.1, 0.15) is 0 Å². The number of hydrogen-bond acceptors (Lipinski definition) is 5. The summed E-state index contributed by atoms with van der Waals surface area (Å²) in [5.41, 5.74) is 3.99. The summed E-state index contributed by atoms with van der Waals surface area (Å²) in [5.74, 6) is -0.765. The highest BCUT2D eigenvalue weighted by Gasteiger charge is 2.25. The van der Waals surface area contributed by atoms with E-state index in [2.05, 4.69) is 10.4 Å². The van der Waals surface area contributed by atoms with Crippen molar-refractivity contribution in [3.63, 3.8) is 0 Å². The van der Waals surface area contributed by atoms with Gasteiger partial charge in [0.05, 0.1) is 22.6 Å². The fourth-order valence-electron chi connectivity index (χ4n) is 3.12. The van der Waals surface area contributed by atoms with Crippen LogP contribution in [-0.4, -0.2) is 27.8 Å². The molecule has 2 aromatic rings. The minimum atomic E-state index is -0.870. The molecule has 3 rings (SSSR count). The van der Waals surface area contributed by atoms with E-state index >= 15 is 0 Å². The van der Waals surface area contributed by atoms with Gasteiger partial charge in [-0.3, -0.25) is 9.48 Å². The zero-order valence-corrected chi connectivity index (χ0v) is 15.8. The average Bonchev–Trinajstić information content (AvgIpc) is 3.11. The van der Waals surface area contributed by atoms with Crippen LogP contribution in [0.2, 0.25) is 0 Å². The van der Waals surface area contributed by atoms with Crippen LogP contribution in [0.3, 0.4) is 0 Å². The Kier molecular flexibility index (Phi) is 4.94. The van der Waals surface area contributed by atoms with E-state index in [0.717, 1.165) is 36.2 Å². The summed E-state index contributed by atoms with van der Waals surface area (Å²) in [6.45, 7) is 5.30. The Labute approximate surface area is 151 Å². The molecule has 1 aliphatic carbocycles. The first kappa shape index (κ1) is 17.7. The fourth-order valence-corrected chi connectivity index (χ4v) is 4.24. The monoisotopic (exact) mass is 361 g/mol. The van der Waals surface area contributed by atoms with Gasteiger partial charge in [-0.15, -0.1) is 11.3 Å². The highest BCUT2D eigenvalue weighted by molar-refractivity contribution is 7.10. The second-order valence-corrected chi connectivity index (χ2v) is 7.43. The zero-order valence-electron chi connectivity index (χ0n) is 15.0. The number of nitrogens with one attached hydrogen (secondary N) is 1. The van der Waals surface area contributed by atoms with E-state index in [1.807, 2.05) is 26.3 Å². The Bertz CT molecular complexity index is 822. The maximum atomic E-state index is 12.5. The maximum Gasteiger partial charge on any atom is 0.340 e. The van der Waals surface area contributed by atoms with Crippen molar-refractivity contribution in [2.75, 3.05) is 5.32 Å². The Morgan fingerprint density at radius 3 is 2.72 bits per heavy atom. The molecular weight excluding hydrogens is 338 g/mol. The van der Waals surface area contributed by atoms with E-state index in [4.69, 9.17) is 4.74 Å². The molecule has 1 amide bonds. The van der Waals surface area contributed by atoms with Gasteiger partial charge in [0.25, 0.3) is 5.91 Å². The number of esters is 1. The third kappa shape index (κ3) is 3.46. The van der Waals surface area contributed by atoms with Gasteiger partial charge in [0.15, 0.2) is 6.10 Å². The zero-order chi connectivity index (χ0) is 18.1. The largest absolute Gasteiger partial charge is 0.449 e. The van der Waals surface area contributed by atoms with Crippen molar-refractivity contribution in [1.82, 2.24) is 9.78 Å². The molecule has 1 aliphatic rings. The molecule has 0 saturated heterocycles. The molecular formula is C18H23N3O3S. The molecule has 1 atom stereocenters. The van der Waals surface area contributed by atoms with Gasteiger partial charge < -0.3 is 10.1 Å². The van der Waals surface area contributed by atoms with Crippen molar-refractivity contribution < 1.29 is 14.3 Å². The number of anilines is 1. The van der Waals surface area contributed by atoms with Crippen molar-refractivity contribution in [1.29, 1.82) is 0 Å². The molecule has 2 heterocycles. The Morgan fingerprint density at radius 1 is 1.32 bits per heavy atom. The molecule has 0 radical (unpaired) electrons. The molecule has 134 valence electrons. The molecule has 0 spiro atoms. The van der Waals surface area contributed by atoms with Crippen molar-refractivity contribution in [3.05, 3.63) is 32.8 Å². The topological polar surface area (TPSA) is 73.2 Å². The number of fused-ring (bicyclic) bond motifs is 1. The number of nitrogens with zero attached hydrogens (tertiary/aromatic N) is 2. The smallest absolute Gasteiger partial charge is 0.340 e. The van der Waals surface area contributed by atoms with Gasteiger partial charge in [-0.1, -0.05) is 0 Å². The van der Waals surface area contributed by atoms with Crippen LogP contribution < -0.4 is 5.32 Å². The van der Waals surface area contributed by atoms with Crippen LogP contribution in [-0.2, 0) is 29.4 Å². The Morgan fingerprint density at radius 2 is 2.04 bits per heavy atom. The minimum absolute atomic E-state index is 0.350. The number of hydrogen-bond donors (Lipinski definition) is 1. The summed E-state index contributed by atoms with van der Waals surface area (Å²) >= 11 is 1.61. The fraction of sp³-hybridized carbons (Fsp3) is 0.500. The molecule has 0 aliphatic heterocycles. The predicted molar refractivity (Wildman–Crippen MR) is 97.2 cm³/mol. The molecule has 7 heteroatoms. The molecule has 0 fully saturated rings. The van der Waals surface area contributed by atoms with Crippen molar-refractivity contribution in [2.24, 2.45) is 7.05 Å². The lowest BCUT2D eigenvalue weighted by Gasteiger charge is -2.15. The van der Waals surface area contributed by atoms with Crippen molar-refractivity contribution >= 4 is 28.9 Å². The number of aryl methyl sites for hydroxylation is 3. The van der Waals surface area contributed by atoms with Gasteiger partial charge in [-0.2, -0.15) is 5.10 Å². The van der Waals surface area contributed by atoms with E-state index in [9.17, 15) is 9.59 Å². The number of ether oxygens (including phenoxy) is 1. The summed E-state index contributed by atoms with van der Waals surface area (Å²) in [6, 6.07) is 0. The lowest BCUT2D eigenvalue weighted by molar-refractivity contribution is -0.123. The first-order valence-corrected chi connectivity index (χ1v) is 9.37. The van der Waals surface area contributed by atoms with Crippen LogP contribution in [0.5, 0.6) is 0 Å². The normalized spacial score (nSPS) is 14.7. The summed E-state index contributed by atoms with van der Waals surface area (Å²) < 4.78 is 7.12. The van der Waals surface area contributed by atoms with Gasteiger partial charge in [0.2, 0.25) is 0 Å². The van der Waals surface area contributed by atoms with E-state index in [1.165, 1.54) is 11.3 Å². The van der Waals surface area contributed by atoms with Crippen LogP contribution in [0.1, 0.15) is 52.0 Å². The molecule has 0 unspecified atom stereocenters. The first-order chi connectivity index (χ1) is 11.9. The van der Waals surface area contributed by atoms with Gasteiger partial charge in [-0.05, 0) is 52.0 Å². The average molecular weight is 361 g/mol. The van der Waals surface area contributed by atoms with Crippen LogP contribution in [0.15, 0.2) is 5.38 Å². The number of rotatable bonds is 4. The lowest BCUT2D eigenvalue weighted by Crippen LogP contribution is -2.30. The van der Waals surface area contributed by atoms with Crippen molar-refractivity contribution in [3.8, 4) is 0 Å². The molecule has 1 N–H and O–H groups in total. The van der Waals surface area contributed by atoms with E-state index in [1.54, 1.807) is 22.9 Å². The third-order valence-corrected chi connectivity index (χ3v) is 5.78. The summed E-state index contributed by atoms with van der Waals surface area (Å²) in [7, 11) is 1.82. The Balaban J connectivity index is 1.67. The molecule has 2 aromatic heterocycles. The first-order valence-electron chi connectivity index (χ1n) is 8.49. The van der Waals surface area contributed by atoms with E-state index in [-0.39, 0.29) is 5.91 Å². The van der Waals surface area contributed by atoms with Crippen molar-refractivity contribution in [2.45, 2.75) is 52.6 Å². The third-order valence-electron chi connectivity index (χ3n) is 4.69. The van der Waals surface area contributed by atoms with E-state index in [0.29, 0.717) is 11.3 Å². The van der Waals surface area contributed by atoms with Crippen LogP contribution >= 0.6 is 11.3 Å². The minimum Gasteiger partial charge on any atom is -0.449 e. The lowest BCUT2D eigenvalue weighted by atomic mass is 9.96. The number of thiophene rings is 1. The number of amides is 1. The molecule has 0 aromatic carbocycles. The van der Waals surface area contributed by atoms with Gasteiger partial charge in [-0.25, -0.2) is 4.79 Å². The standard InChI is InChI=1S/C18H23N3O3S/c1-10-16(11(2)21(4)20-10)19-17(22)12(3)24-18(23)14-9-25-15-8-6-5-7-13(14)15/h9,12H,5-8H2,1-4H3,(H,19,22)/t12-/m0/s1. The summed E-state index contributed by atoms with van der Waals surface area (Å²) in [6.07, 6.45) is 3.34. The van der Waals surface area contributed by atoms with Gasteiger partial charge in [0, 0.05) is 17.3 Å². The van der Waals surface area contributed by atoms with E-state index < -0.39 is 12.1 Å². The molecule has 25 heavy (non-hydrogen) atoms. The van der Waals surface area contributed by atoms with Crippen LogP contribution in [0.4, 0.5) is 5.69 Å². The number of carbonyl (C=O) groups excluding carboxylic acids is 2. The molecule has 0 bridgehead atoms. The summed E-state index contributed by atoms with van der Waals surface area (Å²) in [4.78, 5) is 26.1. The van der Waals surface area contributed by atoms with Crippen LogP contribution in [0.25, 0.3) is 0 Å². The highest BCUT2D eigenvalue weighted by atomic mass is 32.1. The second kappa shape index (κ2) is 7.00. The predicted octanol–water partition coefficient (Wildman–Crippen LogP) is 3.16. The Hall–Kier alpha value is -2.15. The maximum absolute atomic E-state index is 12.5. The number of carbonyl (C=O) groups is 2. The second-order valence-electron chi connectivity index (χ2n) is 6.46. The summed E-state index contributed by atoms with van der Waals surface area (Å²) in [5, 5.41) is 8.94.